The highest BCUT2D eigenvalue weighted by atomic mass is 16.2. The third-order valence-electron chi connectivity index (χ3n) is 3.98. The molecule has 4 N–H and O–H groups in total. The molecule has 2 rings (SSSR count). The molecule has 1 amide bonds. The Balaban J connectivity index is 2.00. The number of amides is 1. The molecule has 1 aromatic carbocycles. The Kier molecular flexibility index (Phi) is 5.02. The number of fused-ring (bicyclic) bond motifs is 1. The lowest BCUT2D eigenvalue weighted by Crippen LogP contribution is -2.44. The molecule has 0 spiro atoms. The number of hydrogen-bond acceptors (Lipinski definition) is 2. The van der Waals surface area contributed by atoms with E-state index in [0.717, 1.165) is 12.8 Å². The summed E-state index contributed by atoms with van der Waals surface area (Å²) in [4.78, 5) is 15.2. The van der Waals surface area contributed by atoms with Crippen LogP contribution in [0.25, 0.3) is 10.9 Å². The van der Waals surface area contributed by atoms with E-state index >= 15 is 0 Å². The quantitative estimate of drug-likeness (QED) is 0.763. The Morgan fingerprint density at radius 2 is 2.10 bits per heavy atom. The number of benzene rings is 1. The van der Waals surface area contributed by atoms with E-state index in [0.29, 0.717) is 6.54 Å². The summed E-state index contributed by atoms with van der Waals surface area (Å²) in [6.45, 7) is 6.68. The summed E-state index contributed by atoms with van der Waals surface area (Å²) in [5, 5.41) is 4.16. The second-order valence-electron chi connectivity index (χ2n) is 5.82. The fraction of sp³-hybridized carbons (Fsp3) is 0.471. The van der Waals surface area contributed by atoms with Gasteiger partial charge in [-0.25, -0.2) is 0 Å². The fourth-order valence-corrected chi connectivity index (χ4v) is 2.52. The molecule has 4 nitrogen and oxygen atoms in total. The van der Waals surface area contributed by atoms with E-state index in [1.165, 1.54) is 22.0 Å². The van der Waals surface area contributed by atoms with Crippen LogP contribution in [0.3, 0.4) is 0 Å². The van der Waals surface area contributed by atoms with Gasteiger partial charge in [-0.2, -0.15) is 0 Å². The Bertz CT molecular complexity index is 616. The topological polar surface area (TPSA) is 70.9 Å². The van der Waals surface area contributed by atoms with Crippen LogP contribution in [0.1, 0.15) is 31.9 Å². The van der Waals surface area contributed by atoms with Gasteiger partial charge in [0, 0.05) is 23.6 Å². The van der Waals surface area contributed by atoms with Gasteiger partial charge in [0.2, 0.25) is 5.91 Å². The number of carbonyl (C=O) groups excluding carboxylic acids is 1. The van der Waals surface area contributed by atoms with Crippen molar-refractivity contribution in [3.63, 3.8) is 0 Å². The van der Waals surface area contributed by atoms with Crippen molar-refractivity contribution in [1.82, 2.24) is 10.3 Å². The van der Waals surface area contributed by atoms with E-state index in [2.05, 4.69) is 35.4 Å². The summed E-state index contributed by atoms with van der Waals surface area (Å²) in [7, 11) is 0. The zero-order valence-electron chi connectivity index (χ0n) is 13.1. The molecule has 21 heavy (non-hydrogen) atoms. The SMILES string of the molecule is CCc1cccc2c(CCNC(=O)[C@@H](N)C(C)C)c[nH]c12. The second kappa shape index (κ2) is 6.76. The normalized spacial score (nSPS) is 12.8. The van der Waals surface area contributed by atoms with Gasteiger partial charge in [-0.05, 0) is 29.9 Å². The van der Waals surface area contributed by atoms with Gasteiger partial charge >= 0.3 is 0 Å². The van der Waals surface area contributed by atoms with Crippen LogP contribution in [0.2, 0.25) is 0 Å². The van der Waals surface area contributed by atoms with E-state index in [1.54, 1.807) is 0 Å². The van der Waals surface area contributed by atoms with E-state index in [4.69, 9.17) is 5.73 Å². The lowest BCUT2D eigenvalue weighted by Gasteiger charge is -2.15. The number of rotatable bonds is 6. The van der Waals surface area contributed by atoms with Crippen LogP contribution >= 0.6 is 0 Å². The molecule has 0 aliphatic rings. The maximum Gasteiger partial charge on any atom is 0.237 e. The molecule has 114 valence electrons. The zero-order valence-corrected chi connectivity index (χ0v) is 13.1. The molecular weight excluding hydrogens is 262 g/mol. The number of aromatic nitrogens is 1. The lowest BCUT2D eigenvalue weighted by molar-refractivity contribution is -0.123. The van der Waals surface area contributed by atoms with Crippen LogP contribution < -0.4 is 11.1 Å². The van der Waals surface area contributed by atoms with Crippen molar-refractivity contribution in [1.29, 1.82) is 0 Å². The number of nitrogens with one attached hydrogen (secondary N) is 2. The summed E-state index contributed by atoms with van der Waals surface area (Å²) < 4.78 is 0. The molecule has 0 saturated carbocycles. The Morgan fingerprint density at radius 3 is 2.76 bits per heavy atom. The first-order chi connectivity index (χ1) is 10.0. The maximum absolute atomic E-state index is 11.8. The van der Waals surface area contributed by atoms with Crippen LogP contribution in [0.4, 0.5) is 0 Å². The van der Waals surface area contributed by atoms with Crippen molar-refractivity contribution < 1.29 is 4.79 Å². The summed E-state index contributed by atoms with van der Waals surface area (Å²) in [5.41, 5.74) is 9.60. The number of aryl methyl sites for hydroxylation is 1. The molecule has 0 unspecified atom stereocenters. The Labute approximate surface area is 126 Å². The number of nitrogens with two attached hydrogens (primary N) is 1. The number of carbonyl (C=O) groups is 1. The third-order valence-corrected chi connectivity index (χ3v) is 3.98. The van der Waals surface area contributed by atoms with Crippen LogP contribution in [0, 0.1) is 5.92 Å². The molecule has 1 heterocycles. The van der Waals surface area contributed by atoms with Gasteiger partial charge in [0.15, 0.2) is 0 Å². The predicted octanol–water partition coefficient (Wildman–Crippen LogP) is 2.37. The first kappa shape index (κ1) is 15.6. The van der Waals surface area contributed by atoms with E-state index < -0.39 is 6.04 Å². The van der Waals surface area contributed by atoms with Crippen LogP contribution in [-0.2, 0) is 17.6 Å². The maximum atomic E-state index is 11.8. The second-order valence-corrected chi connectivity index (χ2v) is 5.82. The molecule has 1 aromatic heterocycles. The summed E-state index contributed by atoms with van der Waals surface area (Å²) in [6.07, 6.45) is 3.86. The van der Waals surface area contributed by atoms with Gasteiger partial charge < -0.3 is 16.0 Å². The van der Waals surface area contributed by atoms with Crippen LogP contribution in [-0.4, -0.2) is 23.5 Å². The lowest BCUT2D eigenvalue weighted by atomic mass is 10.0. The van der Waals surface area contributed by atoms with Gasteiger partial charge in [0.1, 0.15) is 0 Å². The molecular formula is C17H25N3O. The summed E-state index contributed by atoms with van der Waals surface area (Å²) >= 11 is 0. The van der Waals surface area contributed by atoms with Crippen molar-refractivity contribution in [2.24, 2.45) is 11.7 Å². The van der Waals surface area contributed by atoms with Gasteiger partial charge in [0.25, 0.3) is 0 Å². The minimum Gasteiger partial charge on any atom is -0.361 e. The Morgan fingerprint density at radius 1 is 1.33 bits per heavy atom. The average molecular weight is 287 g/mol. The van der Waals surface area contributed by atoms with Gasteiger partial charge in [-0.15, -0.1) is 0 Å². The van der Waals surface area contributed by atoms with E-state index in [9.17, 15) is 4.79 Å². The van der Waals surface area contributed by atoms with Crippen LogP contribution in [0.15, 0.2) is 24.4 Å². The third kappa shape index (κ3) is 3.45. The monoisotopic (exact) mass is 287 g/mol. The Hall–Kier alpha value is -1.81. The number of para-hydroxylation sites is 1. The smallest absolute Gasteiger partial charge is 0.237 e. The van der Waals surface area contributed by atoms with Gasteiger partial charge in [0.05, 0.1) is 6.04 Å². The first-order valence-electron chi connectivity index (χ1n) is 7.65. The highest BCUT2D eigenvalue weighted by Gasteiger charge is 2.16. The van der Waals surface area contributed by atoms with Crippen molar-refractivity contribution >= 4 is 16.8 Å². The molecule has 2 aromatic rings. The van der Waals surface area contributed by atoms with Crippen molar-refractivity contribution in [2.45, 2.75) is 39.7 Å². The highest BCUT2D eigenvalue weighted by Crippen LogP contribution is 2.22. The molecule has 0 bridgehead atoms. The predicted molar refractivity (Wildman–Crippen MR) is 87.2 cm³/mol. The van der Waals surface area contributed by atoms with Gasteiger partial charge in [-0.1, -0.05) is 39.0 Å². The van der Waals surface area contributed by atoms with Crippen molar-refractivity contribution in [3.8, 4) is 0 Å². The van der Waals surface area contributed by atoms with Gasteiger partial charge in [-0.3, -0.25) is 4.79 Å². The largest absolute Gasteiger partial charge is 0.361 e. The molecule has 0 radical (unpaired) electrons. The molecule has 0 fully saturated rings. The van der Waals surface area contributed by atoms with Crippen molar-refractivity contribution in [2.75, 3.05) is 6.54 Å². The number of H-pyrrole nitrogens is 1. The first-order valence-corrected chi connectivity index (χ1v) is 7.65. The molecule has 1 atom stereocenters. The minimum absolute atomic E-state index is 0.0703. The van der Waals surface area contributed by atoms with Crippen molar-refractivity contribution in [3.05, 3.63) is 35.5 Å². The summed E-state index contributed by atoms with van der Waals surface area (Å²) in [6, 6.07) is 5.93. The fourth-order valence-electron chi connectivity index (χ4n) is 2.52. The zero-order chi connectivity index (χ0) is 15.4. The molecule has 0 aliphatic heterocycles. The standard InChI is InChI=1S/C17H25N3O/c1-4-12-6-5-7-14-13(10-20-16(12)14)8-9-19-17(21)15(18)11(2)3/h5-7,10-11,15,20H,4,8-9,18H2,1-3H3,(H,19,21)/t15-/m0/s1. The van der Waals surface area contributed by atoms with E-state index in [-0.39, 0.29) is 11.8 Å². The summed E-state index contributed by atoms with van der Waals surface area (Å²) in [5.74, 6) is 0.0873. The minimum atomic E-state index is -0.431. The molecule has 0 saturated heterocycles. The average Bonchev–Trinajstić information content (AvgIpc) is 2.89. The number of hydrogen-bond donors (Lipinski definition) is 3. The van der Waals surface area contributed by atoms with Crippen LogP contribution in [0.5, 0.6) is 0 Å². The van der Waals surface area contributed by atoms with E-state index in [1.807, 2.05) is 20.0 Å². The molecule has 4 heteroatoms. The number of aromatic amines is 1. The highest BCUT2D eigenvalue weighted by molar-refractivity contribution is 5.86. The molecule has 0 aliphatic carbocycles.